The predicted octanol–water partition coefficient (Wildman–Crippen LogP) is 2.99. The van der Waals surface area contributed by atoms with E-state index in [9.17, 15) is 0 Å². The first-order valence-corrected chi connectivity index (χ1v) is 6.49. The zero-order valence-corrected chi connectivity index (χ0v) is 11.7. The van der Waals surface area contributed by atoms with Crippen LogP contribution in [0.4, 0.5) is 0 Å². The molecule has 0 saturated heterocycles. The third-order valence-corrected chi connectivity index (χ3v) is 3.08. The van der Waals surface area contributed by atoms with E-state index in [1.807, 2.05) is 13.8 Å². The molecule has 0 heterocycles. The van der Waals surface area contributed by atoms with Crippen molar-refractivity contribution in [1.29, 1.82) is 0 Å². The maximum Gasteiger partial charge on any atom is 0.144 e. The summed E-state index contributed by atoms with van der Waals surface area (Å²) in [6.45, 7) is 9.93. The first-order valence-electron chi connectivity index (χ1n) is 6.49. The Kier molecular flexibility index (Phi) is 7.96. The van der Waals surface area contributed by atoms with Crippen molar-refractivity contribution >= 4 is 5.84 Å². The summed E-state index contributed by atoms with van der Waals surface area (Å²) in [5.74, 6) is 0.925. The number of oxime groups is 1. The number of nitrogens with two attached hydrogens (primary N) is 1. The molecular weight excluding hydrogens is 216 g/mol. The molecule has 0 saturated carbocycles. The Hall–Kier alpha value is -0.770. The number of amidine groups is 1. The monoisotopic (exact) mass is 244 g/mol. The molecule has 0 rings (SSSR count). The molecule has 0 aliphatic rings. The molecule has 0 amide bonds. The van der Waals surface area contributed by atoms with Gasteiger partial charge in [0.05, 0.1) is 0 Å². The first kappa shape index (κ1) is 16.2. The normalized spacial score (nSPS) is 14.9. The second-order valence-electron chi connectivity index (χ2n) is 5.44. The highest BCUT2D eigenvalue weighted by Crippen LogP contribution is 2.22. The molecule has 4 heteroatoms. The quantitative estimate of drug-likeness (QED) is 0.215. The SMILES string of the molecule is CCCC(C)COCCCC(C)(C)C(N)=NO. The van der Waals surface area contributed by atoms with Gasteiger partial charge in [-0.1, -0.05) is 39.3 Å². The minimum Gasteiger partial charge on any atom is -0.409 e. The summed E-state index contributed by atoms with van der Waals surface area (Å²) in [6, 6.07) is 0. The molecule has 0 spiro atoms. The highest BCUT2D eigenvalue weighted by molar-refractivity contribution is 5.85. The molecule has 0 bridgehead atoms. The van der Waals surface area contributed by atoms with Gasteiger partial charge >= 0.3 is 0 Å². The second-order valence-corrected chi connectivity index (χ2v) is 5.44. The fourth-order valence-electron chi connectivity index (χ4n) is 1.74. The van der Waals surface area contributed by atoms with Crippen molar-refractivity contribution in [2.24, 2.45) is 22.2 Å². The maximum absolute atomic E-state index is 8.64. The highest BCUT2D eigenvalue weighted by atomic mass is 16.5. The van der Waals surface area contributed by atoms with Gasteiger partial charge in [0, 0.05) is 18.6 Å². The van der Waals surface area contributed by atoms with Gasteiger partial charge in [-0.25, -0.2) is 0 Å². The summed E-state index contributed by atoms with van der Waals surface area (Å²) in [5, 5.41) is 11.7. The molecule has 0 radical (unpaired) electrons. The molecule has 1 unspecified atom stereocenters. The molecular formula is C13H28N2O2. The van der Waals surface area contributed by atoms with Gasteiger partial charge in [-0.15, -0.1) is 0 Å². The average molecular weight is 244 g/mol. The van der Waals surface area contributed by atoms with Crippen LogP contribution in [-0.2, 0) is 4.74 Å². The van der Waals surface area contributed by atoms with Gasteiger partial charge in [-0.3, -0.25) is 0 Å². The molecule has 0 aromatic heterocycles. The Balaban J connectivity index is 3.64. The number of nitrogens with zero attached hydrogens (tertiary/aromatic N) is 1. The summed E-state index contributed by atoms with van der Waals surface area (Å²) in [6.07, 6.45) is 4.23. The van der Waals surface area contributed by atoms with E-state index in [0.29, 0.717) is 5.92 Å². The Morgan fingerprint density at radius 2 is 2.12 bits per heavy atom. The number of rotatable bonds is 9. The van der Waals surface area contributed by atoms with E-state index in [1.165, 1.54) is 12.8 Å². The van der Waals surface area contributed by atoms with Crippen molar-refractivity contribution in [3.63, 3.8) is 0 Å². The lowest BCUT2D eigenvalue weighted by atomic mass is 9.87. The standard InChI is InChI=1S/C13H28N2O2/c1-5-7-11(2)10-17-9-6-8-13(3,4)12(14)15-16/h11,16H,5-10H2,1-4H3,(H2,14,15). The van der Waals surface area contributed by atoms with Crippen molar-refractivity contribution in [2.75, 3.05) is 13.2 Å². The van der Waals surface area contributed by atoms with Crippen LogP contribution in [0, 0.1) is 11.3 Å². The van der Waals surface area contributed by atoms with Gasteiger partial charge in [0.1, 0.15) is 5.84 Å². The van der Waals surface area contributed by atoms with Gasteiger partial charge in [-0.2, -0.15) is 0 Å². The fourth-order valence-corrected chi connectivity index (χ4v) is 1.74. The van der Waals surface area contributed by atoms with Crippen LogP contribution in [0.25, 0.3) is 0 Å². The predicted molar refractivity (Wildman–Crippen MR) is 71.3 cm³/mol. The Morgan fingerprint density at radius 1 is 1.47 bits per heavy atom. The molecule has 0 aromatic carbocycles. The summed E-state index contributed by atoms with van der Waals surface area (Å²) in [4.78, 5) is 0. The average Bonchev–Trinajstić information content (AvgIpc) is 2.27. The zero-order valence-electron chi connectivity index (χ0n) is 11.7. The Labute approximate surface area is 105 Å². The van der Waals surface area contributed by atoms with E-state index in [4.69, 9.17) is 15.7 Å². The molecule has 4 nitrogen and oxygen atoms in total. The smallest absolute Gasteiger partial charge is 0.144 e. The number of hydrogen-bond acceptors (Lipinski definition) is 3. The van der Waals surface area contributed by atoms with E-state index >= 15 is 0 Å². The largest absolute Gasteiger partial charge is 0.409 e. The van der Waals surface area contributed by atoms with Crippen LogP contribution >= 0.6 is 0 Å². The molecule has 3 N–H and O–H groups in total. The summed E-state index contributed by atoms with van der Waals surface area (Å²) >= 11 is 0. The van der Waals surface area contributed by atoms with Crippen molar-refractivity contribution < 1.29 is 9.94 Å². The maximum atomic E-state index is 8.64. The number of hydrogen-bond donors (Lipinski definition) is 2. The van der Waals surface area contributed by atoms with Gasteiger partial charge in [0.15, 0.2) is 0 Å². The minimum atomic E-state index is -0.257. The first-order chi connectivity index (χ1) is 7.94. The van der Waals surface area contributed by atoms with E-state index in [1.54, 1.807) is 0 Å². The molecule has 0 aliphatic carbocycles. The molecule has 0 aromatic rings. The van der Waals surface area contributed by atoms with Crippen molar-refractivity contribution in [3.8, 4) is 0 Å². The molecule has 102 valence electrons. The summed E-state index contributed by atoms with van der Waals surface area (Å²) in [7, 11) is 0. The Morgan fingerprint density at radius 3 is 2.65 bits per heavy atom. The highest BCUT2D eigenvalue weighted by Gasteiger charge is 2.22. The summed E-state index contributed by atoms with van der Waals surface area (Å²) < 4.78 is 5.61. The zero-order chi connectivity index (χ0) is 13.3. The van der Waals surface area contributed by atoms with E-state index in [0.717, 1.165) is 26.1 Å². The number of ether oxygens (including phenoxy) is 1. The minimum absolute atomic E-state index is 0.257. The van der Waals surface area contributed by atoms with Crippen LogP contribution in [0.2, 0.25) is 0 Å². The van der Waals surface area contributed by atoms with Crippen LogP contribution < -0.4 is 5.73 Å². The topological polar surface area (TPSA) is 67.8 Å². The van der Waals surface area contributed by atoms with E-state index in [-0.39, 0.29) is 11.3 Å². The lowest BCUT2D eigenvalue weighted by molar-refractivity contribution is 0.0950. The van der Waals surface area contributed by atoms with Gasteiger partial charge in [-0.05, 0) is 25.2 Å². The van der Waals surface area contributed by atoms with E-state index in [2.05, 4.69) is 19.0 Å². The second kappa shape index (κ2) is 8.34. The fraction of sp³-hybridized carbons (Fsp3) is 0.923. The molecule has 0 fully saturated rings. The van der Waals surface area contributed by atoms with Crippen molar-refractivity contribution in [2.45, 2.75) is 53.4 Å². The van der Waals surface area contributed by atoms with Crippen LogP contribution in [0.5, 0.6) is 0 Å². The van der Waals surface area contributed by atoms with Crippen LogP contribution in [0.15, 0.2) is 5.16 Å². The van der Waals surface area contributed by atoms with Gasteiger partial charge in [0.2, 0.25) is 0 Å². The van der Waals surface area contributed by atoms with Gasteiger partial charge in [0.25, 0.3) is 0 Å². The van der Waals surface area contributed by atoms with Crippen LogP contribution in [0.3, 0.4) is 0 Å². The van der Waals surface area contributed by atoms with Crippen LogP contribution in [-0.4, -0.2) is 24.3 Å². The molecule has 17 heavy (non-hydrogen) atoms. The van der Waals surface area contributed by atoms with Gasteiger partial charge < -0.3 is 15.7 Å². The third-order valence-electron chi connectivity index (χ3n) is 3.08. The van der Waals surface area contributed by atoms with Crippen LogP contribution in [0.1, 0.15) is 53.4 Å². The Bertz CT molecular complexity index is 227. The lowest BCUT2D eigenvalue weighted by Gasteiger charge is -2.22. The summed E-state index contributed by atoms with van der Waals surface area (Å²) in [5.41, 5.74) is 5.36. The molecule has 1 atom stereocenters. The third kappa shape index (κ3) is 7.21. The van der Waals surface area contributed by atoms with Crippen molar-refractivity contribution in [1.82, 2.24) is 0 Å². The van der Waals surface area contributed by atoms with E-state index < -0.39 is 0 Å². The lowest BCUT2D eigenvalue weighted by Crippen LogP contribution is -2.32. The molecule has 0 aliphatic heterocycles. The van der Waals surface area contributed by atoms with Crippen molar-refractivity contribution in [3.05, 3.63) is 0 Å².